The van der Waals surface area contributed by atoms with E-state index in [9.17, 15) is 0 Å². The van der Waals surface area contributed by atoms with Gasteiger partial charge in [-0.3, -0.25) is 0 Å². The molecular weight excluding hydrogens is 562 g/mol. The minimum atomic E-state index is -2.48. The van der Waals surface area contributed by atoms with Gasteiger partial charge in [0.1, 0.15) is 0 Å². The van der Waals surface area contributed by atoms with Gasteiger partial charge >= 0.3 is 246 Å². The molecule has 0 spiro atoms. The molecule has 0 aromatic rings. The molecule has 0 radical (unpaired) electrons. The van der Waals surface area contributed by atoms with Crippen molar-refractivity contribution in [3.8, 4) is 0 Å². The fraction of sp³-hybridized carbons (Fsp3) is 0.944. The first-order valence-electron chi connectivity index (χ1n) is 17.6. The van der Waals surface area contributed by atoms with Crippen LogP contribution >= 0.6 is 0 Å². The molecule has 6 aliphatic carbocycles. The Morgan fingerprint density at radius 1 is 0.711 bits per heavy atom. The molecule has 0 amide bonds. The van der Waals surface area contributed by atoms with Crippen LogP contribution in [0.15, 0.2) is 12.2 Å². The van der Waals surface area contributed by atoms with Gasteiger partial charge in [0, 0.05) is 0 Å². The third kappa shape index (κ3) is 5.41. The van der Waals surface area contributed by atoms with Crippen LogP contribution in [0.3, 0.4) is 0 Å². The molecule has 38 heavy (non-hydrogen) atoms. The number of hydrogen-bond acceptors (Lipinski definition) is 0. The molecule has 6 saturated carbocycles. The van der Waals surface area contributed by atoms with E-state index in [0.717, 1.165) is 57.7 Å². The van der Waals surface area contributed by atoms with Crippen LogP contribution in [0.4, 0.5) is 0 Å². The van der Waals surface area contributed by atoms with Gasteiger partial charge < -0.3 is 0 Å². The number of hydrogen-bond donors (Lipinski definition) is 0. The molecule has 0 aliphatic heterocycles. The van der Waals surface area contributed by atoms with Gasteiger partial charge in [-0.15, -0.1) is 0 Å². The fourth-order valence-electron chi connectivity index (χ4n) is 11.7. The van der Waals surface area contributed by atoms with E-state index in [0.29, 0.717) is 10.8 Å². The summed E-state index contributed by atoms with van der Waals surface area (Å²) in [6, 6.07) is 0. The van der Waals surface area contributed by atoms with Crippen molar-refractivity contribution >= 4 is 25.1 Å². The third-order valence-corrected chi connectivity index (χ3v) is 31.7. The summed E-state index contributed by atoms with van der Waals surface area (Å²) < 4.78 is 6.01. The van der Waals surface area contributed by atoms with Crippen LogP contribution < -0.4 is 0 Å². The first-order chi connectivity index (χ1) is 18.0. The number of rotatable bonds is 14. The van der Waals surface area contributed by atoms with Gasteiger partial charge in [-0.25, -0.2) is 0 Å². The zero-order valence-electron chi connectivity index (χ0n) is 27.6. The molecule has 0 saturated heterocycles. The van der Waals surface area contributed by atoms with Crippen molar-refractivity contribution in [1.29, 1.82) is 0 Å². The van der Waals surface area contributed by atoms with E-state index in [4.69, 9.17) is 0 Å². The molecule has 6 aliphatic rings. The third-order valence-electron chi connectivity index (χ3n) is 14.4. The average Bonchev–Trinajstić information content (AvgIpc) is 2.89. The van der Waals surface area contributed by atoms with Crippen LogP contribution in [-0.2, 0) is 0 Å². The van der Waals surface area contributed by atoms with E-state index in [1.165, 1.54) is 38.5 Å². The summed E-state index contributed by atoms with van der Waals surface area (Å²) in [5, 5.41) is 0. The predicted octanol–water partition coefficient (Wildman–Crippen LogP) is 12.0. The molecule has 0 aromatic carbocycles. The second-order valence-electron chi connectivity index (χ2n) is 16.5. The van der Waals surface area contributed by atoms with Crippen LogP contribution in [0.25, 0.3) is 0 Å². The van der Waals surface area contributed by atoms with Crippen LogP contribution in [0.2, 0.25) is 28.8 Å². The predicted molar refractivity (Wildman–Crippen MR) is 175 cm³/mol. The van der Waals surface area contributed by atoms with Gasteiger partial charge in [-0.1, -0.05) is 0 Å². The molecule has 0 N–H and O–H groups in total. The van der Waals surface area contributed by atoms with E-state index in [2.05, 4.69) is 81.4 Å². The van der Waals surface area contributed by atoms with Crippen molar-refractivity contribution in [3.05, 3.63) is 12.2 Å². The summed E-state index contributed by atoms with van der Waals surface area (Å²) in [5.74, 6) is 7.80. The molecular formula is C36H67BSn. The monoisotopic (exact) mass is 630 g/mol. The number of unbranched alkanes of at least 4 members (excludes halogenated alkanes) is 3. The molecule has 0 heterocycles. The normalized spacial score (nSPS) is 37.9. The molecule has 2 heteroatoms. The Bertz CT molecular complexity index is 733. The first kappa shape index (κ1) is 31.5. The standard InChI is InChI=1S/C24H40B.3C4H9.Sn/c1-8-9-10-25(21-13-17-11-19(15(21)2)23(17,4)5)22-14-18-12-20(16(22)3)24(18,6)7;3*1-3-4-2;/h8-10,15-22H,11-14H2,1-7H3;3*1,3-4H2,2H3;/b9-8-;;;;/t15-,16-,17+,18+,19-,20-,21-,22-;;;;/m1..../s1. The second kappa shape index (κ2) is 12.5. The molecule has 6 rings (SSSR count). The van der Waals surface area contributed by atoms with Crippen molar-refractivity contribution in [2.45, 2.75) is 162 Å². The topological polar surface area (TPSA) is 0 Å². The van der Waals surface area contributed by atoms with E-state index < -0.39 is 18.4 Å². The van der Waals surface area contributed by atoms with Crippen molar-refractivity contribution in [2.24, 2.45) is 46.3 Å². The Morgan fingerprint density at radius 2 is 1.11 bits per heavy atom. The molecule has 0 unspecified atom stereocenters. The second-order valence-corrected chi connectivity index (χ2v) is 30.5. The Kier molecular flexibility index (Phi) is 10.3. The summed E-state index contributed by atoms with van der Waals surface area (Å²) in [4.78, 5) is 0. The van der Waals surface area contributed by atoms with Crippen LogP contribution in [0.1, 0.15) is 133 Å². The molecule has 9 atom stereocenters. The Morgan fingerprint density at radius 3 is 1.39 bits per heavy atom. The van der Waals surface area contributed by atoms with E-state index in [1.54, 1.807) is 39.0 Å². The molecule has 0 aromatic heterocycles. The molecule has 0 nitrogen and oxygen atoms in total. The maximum atomic E-state index is 2.91. The Balaban J connectivity index is 1.79. The van der Waals surface area contributed by atoms with Gasteiger partial charge in [-0.05, 0) is 0 Å². The van der Waals surface area contributed by atoms with Crippen molar-refractivity contribution < 1.29 is 0 Å². The zero-order valence-corrected chi connectivity index (χ0v) is 30.5. The molecule has 6 fully saturated rings. The summed E-state index contributed by atoms with van der Waals surface area (Å²) >= 11 is -2.48. The molecule has 218 valence electrons. The minimum absolute atomic E-state index is 0.603. The van der Waals surface area contributed by atoms with Crippen molar-refractivity contribution in [3.63, 3.8) is 0 Å². The Labute approximate surface area is 244 Å². The van der Waals surface area contributed by atoms with Gasteiger partial charge in [-0.2, -0.15) is 0 Å². The summed E-state index contributed by atoms with van der Waals surface area (Å²) in [6.45, 7) is 26.8. The van der Waals surface area contributed by atoms with Gasteiger partial charge in [0.05, 0.1) is 0 Å². The van der Waals surface area contributed by atoms with Crippen molar-refractivity contribution in [1.82, 2.24) is 0 Å². The Hall–Kier alpha value is 0.604. The van der Waals surface area contributed by atoms with E-state index >= 15 is 0 Å². The number of allylic oxidation sites excluding steroid dienone is 2. The zero-order chi connectivity index (χ0) is 27.9. The van der Waals surface area contributed by atoms with E-state index in [1.807, 2.05) is 0 Å². The molecule has 4 bridgehead atoms. The van der Waals surface area contributed by atoms with Crippen LogP contribution in [0, 0.1) is 46.3 Å². The van der Waals surface area contributed by atoms with E-state index in [-0.39, 0.29) is 0 Å². The summed E-state index contributed by atoms with van der Waals surface area (Å²) in [7, 11) is 0. The van der Waals surface area contributed by atoms with Gasteiger partial charge in [0.2, 0.25) is 0 Å². The van der Waals surface area contributed by atoms with Crippen LogP contribution in [0.5, 0.6) is 0 Å². The quantitative estimate of drug-likeness (QED) is 0.133. The van der Waals surface area contributed by atoms with Gasteiger partial charge in [0.25, 0.3) is 0 Å². The average molecular weight is 629 g/mol. The first-order valence-corrected chi connectivity index (χ1v) is 25.3. The van der Waals surface area contributed by atoms with Gasteiger partial charge in [0.15, 0.2) is 0 Å². The fourth-order valence-corrected chi connectivity index (χ4v) is 31.2. The summed E-state index contributed by atoms with van der Waals surface area (Å²) in [6.07, 6.45) is 20.4. The number of fused-ring (bicyclic) bond motifs is 4. The SMILES string of the molecule is C/C=C\[C@@H](B([C@@H]1C[C@@H]2C[C@H]([C@H]1C)C2(C)C)[C@@H]1C[C@@H]2C[C@H]([C@H]1C)C2(C)C)[Sn]([CH2]CCC)([CH2]CCC)[CH2]CCC. The van der Waals surface area contributed by atoms with Crippen LogP contribution in [-0.4, -0.2) is 25.1 Å². The summed E-state index contributed by atoms with van der Waals surface area (Å²) in [5.41, 5.74) is 1.21. The van der Waals surface area contributed by atoms with Crippen molar-refractivity contribution in [2.75, 3.05) is 0 Å². The maximum absolute atomic E-state index is 2.91.